The largest absolute Gasteiger partial charge is 0.394 e. The maximum absolute atomic E-state index is 13.4. The number of nitrogens with one attached hydrogen (secondary N) is 1. The van der Waals surface area contributed by atoms with E-state index in [9.17, 15) is 61.0 Å². The van der Waals surface area contributed by atoms with Crippen LogP contribution in [0.25, 0.3) is 0 Å². The van der Waals surface area contributed by atoms with E-state index in [1.165, 1.54) is 173 Å². The van der Waals surface area contributed by atoms with Gasteiger partial charge in [-0.25, -0.2) is 0 Å². The Morgan fingerprint density at radius 1 is 0.387 bits per heavy atom. The summed E-state index contributed by atoms with van der Waals surface area (Å²) in [5, 5.41) is 121. The van der Waals surface area contributed by atoms with Gasteiger partial charge in [-0.05, 0) is 77.0 Å². The van der Waals surface area contributed by atoms with Crippen LogP contribution in [0.15, 0.2) is 60.8 Å². The Morgan fingerprint density at radius 2 is 0.720 bits per heavy atom. The molecule has 0 saturated carbocycles. The van der Waals surface area contributed by atoms with Crippen LogP contribution < -0.4 is 5.32 Å². The highest BCUT2D eigenvalue weighted by molar-refractivity contribution is 5.76. The molecule has 3 fully saturated rings. The summed E-state index contributed by atoms with van der Waals surface area (Å²) in [5.41, 5.74) is 0. The molecule has 0 spiro atoms. The maximum atomic E-state index is 13.4. The van der Waals surface area contributed by atoms with Gasteiger partial charge < -0.3 is 89.9 Å². The fourth-order valence-electron chi connectivity index (χ4n) is 12.3. The molecule has 17 atom stereocenters. The molecule has 3 saturated heterocycles. The Balaban J connectivity index is 1.43. The predicted octanol–water partition coefficient (Wildman–Crippen LogP) is 10.7. The number of allylic oxidation sites excluding steroid dienone is 9. The number of amides is 1. The second-order valence-corrected chi connectivity index (χ2v) is 26.4. The zero-order valence-electron chi connectivity index (χ0n) is 57.5. The number of aliphatic hydroxyl groups excluding tert-OH is 11. The van der Waals surface area contributed by atoms with Crippen LogP contribution in [0.3, 0.4) is 0 Å². The third-order valence-corrected chi connectivity index (χ3v) is 18.3. The van der Waals surface area contributed by atoms with Crippen LogP contribution in [-0.4, -0.2) is 193 Å². The van der Waals surface area contributed by atoms with Gasteiger partial charge in [-0.2, -0.15) is 0 Å². The molecule has 542 valence electrons. The first-order valence-corrected chi connectivity index (χ1v) is 37.0. The summed E-state index contributed by atoms with van der Waals surface area (Å²) in [5.74, 6) is -0.294. The van der Waals surface area contributed by atoms with Crippen molar-refractivity contribution in [1.82, 2.24) is 5.32 Å². The van der Waals surface area contributed by atoms with Crippen LogP contribution in [0.4, 0.5) is 0 Å². The Hall–Kier alpha value is -2.51. The van der Waals surface area contributed by atoms with Gasteiger partial charge in [-0.15, -0.1) is 0 Å². The highest BCUT2D eigenvalue weighted by Gasteiger charge is 2.53. The molecule has 1 amide bonds. The van der Waals surface area contributed by atoms with Crippen molar-refractivity contribution in [2.75, 3.05) is 26.4 Å². The summed E-state index contributed by atoms with van der Waals surface area (Å²) in [7, 11) is 0. The number of hydrogen-bond donors (Lipinski definition) is 12. The highest BCUT2D eigenvalue weighted by Crippen LogP contribution is 2.33. The number of ether oxygens (including phenoxy) is 6. The molecule has 19 heteroatoms. The minimum absolute atomic E-state index is 0.225. The first kappa shape index (κ1) is 84.7. The van der Waals surface area contributed by atoms with E-state index in [1.807, 2.05) is 6.08 Å². The van der Waals surface area contributed by atoms with Crippen molar-refractivity contribution in [1.29, 1.82) is 0 Å². The summed E-state index contributed by atoms with van der Waals surface area (Å²) in [6.07, 6.45) is 42.1. The van der Waals surface area contributed by atoms with Gasteiger partial charge in [-0.3, -0.25) is 4.79 Å². The third-order valence-electron chi connectivity index (χ3n) is 18.3. The molecule has 93 heavy (non-hydrogen) atoms. The Morgan fingerprint density at radius 3 is 1.16 bits per heavy atom. The molecule has 17 unspecified atom stereocenters. The minimum Gasteiger partial charge on any atom is -0.394 e. The van der Waals surface area contributed by atoms with Crippen molar-refractivity contribution < 1.29 is 89.4 Å². The van der Waals surface area contributed by atoms with E-state index < -0.39 is 124 Å². The van der Waals surface area contributed by atoms with Gasteiger partial charge in [0.15, 0.2) is 18.9 Å². The molecule has 12 N–H and O–H groups in total. The lowest BCUT2D eigenvalue weighted by Gasteiger charge is -2.48. The van der Waals surface area contributed by atoms with Gasteiger partial charge in [0.05, 0.1) is 38.6 Å². The molecule has 0 aromatic heterocycles. The number of unbranched alkanes of at least 4 members (excludes halogenated alkanes) is 33. The lowest BCUT2D eigenvalue weighted by molar-refractivity contribution is -0.379. The van der Waals surface area contributed by atoms with Crippen LogP contribution in [0.2, 0.25) is 0 Å². The van der Waals surface area contributed by atoms with E-state index in [1.54, 1.807) is 6.08 Å². The molecular weight excluding hydrogens is 1190 g/mol. The number of rotatable bonds is 57. The molecule has 0 aromatic rings. The van der Waals surface area contributed by atoms with E-state index in [4.69, 9.17) is 28.4 Å². The SMILES string of the molecule is CCCCC/C=C\C/C=C\CCCCCCCCCCCC(=O)NC(COC1OC(CO)C(OC2OC(CO)C(OC3OC(CO)C(O)C(O)C3O)C(O)C2O)C(O)C1O)C(O)/C=C/CC/C=C/CC/C=C/CCCCCCCCCCCCCCCCCCCCC. The van der Waals surface area contributed by atoms with E-state index >= 15 is 0 Å². The molecule has 3 aliphatic heterocycles. The third kappa shape index (κ3) is 36.8. The van der Waals surface area contributed by atoms with E-state index in [0.29, 0.717) is 12.8 Å². The molecule has 0 bridgehead atoms. The molecule has 3 rings (SSSR count). The van der Waals surface area contributed by atoms with Crippen molar-refractivity contribution in [2.24, 2.45) is 0 Å². The van der Waals surface area contributed by atoms with Crippen LogP contribution in [-0.2, 0) is 33.2 Å². The molecule has 0 radical (unpaired) electrons. The van der Waals surface area contributed by atoms with Crippen LogP contribution in [0.5, 0.6) is 0 Å². The molecule has 19 nitrogen and oxygen atoms in total. The Labute approximate surface area is 560 Å². The van der Waals surface area contributed by atoms with E-state index in [-0.39, 0.29) is 18.9 Å². The zero-order chi connectivity index (χ0) is 67.5. The fourth-order valence-corrected chi connectivity index (χ4v) is 12.3. The Kier molecular flexibility index (Phi) is 50.4. The molecular formula is C74H133NO18. The van der Waals surface area contributed by atoms with Crippen LogP contribution in [0, 0.1) is 0 Å². The second-order valence-electron chi connectivity index (χ2n) is 26.4. The predicted molar refractivity (Wildman–Crippen MR) is 365 cm³/mol. The van der Waals surface area contributed by atoms with Crippen molar-refractivity contribution in [3.63, 3.8) is 0 Å². The lowest BCUT2D eigenvalue weighted by atomic mass is 9.96. The normalized spacial score (nSPS) is 27.9. The highest BCUT2D eigenvalue weighted by atomic mass is 16.8. The zero-order valence-corrected chi connectivity index (χ0v) is 57.5. The first-order valence-electron chi connectivity index (χ1n) is 37.0. The van der Waals surface area contributed by atoms with E-state index in [2.05, 4.69) is 67.8 Å². The van der Waals surface area contributed by atoms with Crippen molar-refractivity contribution in [2.45, 2.75) is 375 Å². The van der Waals surface area contributed by atoms with Crippen molar-refractivity contribution >= 4 is 5.91 Å². The summed E-state index contributed by atoms with van der Waals surface area (Å²) in [6, 6.07) is -1.00. The van der Waals surface area contributed by atoms with Gasteiger partial charge in [0.2, 0.25) is 5.91 Å². The van der Waals surface area contributed by atoms with E-state index in [0.717, 1.165) is 64.2 Å². The van der Waals surface area contributed by atoms with Gasteiger partial charge >= 0.3 is 0 Å². The van der Waals surface area contributed by atoms with Gasteiger partial charge in [0, 0.05) is 6.42 Å². The number of carbonyl (C=O) groups is 1. The van der Waals surface area contributed by atoms with Gasteiger partial charge in [0.25, 0.3) is 0 Å². The summed E-state index contributed by atoms with van der Waals surface area (Å²) in [6.45, 7) is 1.70. The average molecular weight is 1320 g/mol. The van der Waals surface area contributed by atoms with Crippen LogP contribution >= 0.6 is 0 Å². The summed E-state index contributed by atoms with van der Waals surface area (Å²) >= 11 is 0. The topological polar surface area (TPSA) is 307 Å². The van der Waals surface area contributed by atoms with Gasteiger partial charge in [0.1, 0.15) is 73.2 Å². The first-order chi connectivity index (χ1) is 45.3. The second kappa shape index (κ2) is 55.4. The Bertz CT molecular complexity index is 1920. The quantitative estimate of drug-likeness (QED) is 0.0199. The molecule has 0 aromatic carbocycles. The molecule has 3 aliphatic rings. The van der Waals surface area contributed by atoms with Crippen molar-refractivity contribution in [3.8, 4) is 0 Å². The standard InChI is InChI=1S/C74H133NO18/c1-3-5-7-9-11-13-15-17-19-21-23-24-25-26-27-28-29-30-31-32-34-35-37-39-41-43-45-47-49-51-58(79)57(75-62(80)52-50-48-46-44-42-40-38-36-33-22-20-18-16-14-12-10-8-6-4-2)56-88-72-68(86)65(83)70(60(54-77)90-72)93-74-69(87)66(84)71(61(55-78)91-74)92-73-67(85)64(82)63(81)59(53-76)89-73/h12,14,18,20,34-35,41,43,49,51,57-61,63-74,76-79,81-87H,3-11,13,15-17,19,21-33,36-40,42,44-48,50,52-56H2,1-2H3,(H,75,80)/b14-12-,20-18-,35-34+,43-41+,51-49+. The minimum atomic E-state index is -1.99. The fraction of sp³-hybridized carbons (Fsp3) is 0.851. The summed E-state index contributed by atoms with van der Waals surface area (Å²) in [4.78, 5) is 13.4. The number of carbonyl (C=O) groups excluding carboxylic acids is 1. The molecule has 3 heterocycles. The van der Waals surface area contributed by atoms with Gasteiger partial charge in [-0.1, -0.05) is 248 Å². The van der Waals surface area contributed by atoms with Crippen LogP contribution in [0.1, 0.15) is 271 Å². The average Bonchev–Trinajstić information content (AvgIpc) is 0.985. The lowest BCUT2D eigenvalue weighted by Crippen LogP contribution is -2.66. The number of aliphatic hydroxyl groups is 11. The number of hydrogen-bond acceptors (Lipinski definition) is 18. The van der Waals surface area contributed by atoms with Crippen molar-refractivity contribution in [3.05, 3.63) is 60.8 Å². The summed E-state index contributed by atoms with van der Waals surface area (Å²) < 4.78 is 34.4. The smallest absolute Gasteiger partial charge is 0.220 e. The molecule has 0 aliphatic carbocycles. The monoisotopic (exact) mass is 1320 g/mol. The maximum Gasteiger partial charge on any atom is 0.220 e.